The lowest BCUT2D eigenvalue weighted by atomic mass is 10.2. The maximum Gasteiger partial charge on any atom is 0.243 e. The Morgan fingerprint density at radius 2 is 2.10 bits per heavy atom. The molecular formula is C14H22ClN3O2S. The molecule has 5 nitrogen and oxygen atoms in total. The van der Waals surface area contributed by atoms with Crippen molar-refractivity contribution in [2.24, 2.45) is 5.73 Å². The maximum atomic E-state index is 12.7. The molecule has 0 aliphatic carbocycles. The normalized spacial score (nSPS) is 21.6. The molecule has 2 N–H and O–H groups in total. The van der Waals surface area contributed by atoms with Gasteiger partial charge in [-0.2, -0.15) is 4.31 Å². The van der Waals surface area contributed by atoms with Gasteiger partial charge in [-0.25, -0.2) is 8.42 Å². The summed E-state index contributed by atoms with van der Waals surface area (Å²) in [5, 5.41) is 0.402. The molecule has 1 fully saturated rings. The van der Waals surface area contributed by atoms with E-state index >= 15 is 0 Å². The molecule has 1 atom stereocenters. The van der Waals surface area contributed by atoms with E-state index in [1.807, 2.05) is 0 Å². The highest BCUT2D eigenvalue weighted by molar-refractivity contribution is 7.89. The second-order valence-electron chi connectivity index (χ2n) is 5.30. The van der Waals surface area contributed by atoms with Gasteiger partial charge in [0.15, 0.2) is 0 Å². The van der Waals surface area contributed by atoms with Gasteiger partial charge in [-0.15, -0.1) is 0 Å². The Morgan fingerprint density at radius 3 is 2.62 bits per heavy atom. The first-order chi connectivity index (χ1) is 9.90. The van der Waals surface area contributed by atoms with Crippen LogP contribution in [0.2, 0.25) is 5.02 Å². The number of nitrogens with two attached hydrogens (primary N) is 1. The Balaban J connectivity index is 2.24. The average molecular weight is 332 g/mol. The van der Waals surface area contributed by atoms with Gasteiger partial charge in [0.05, 0.1) is 4.90 Å². The SMILES string of the molecule is CCN1CCN(S(=O)(=O)c2ccc(CN)c(Cl)c2)CC1C. The molecule has 0 bridgehead atoms. The van der Waals surface area contributed by atoms with E-state index in [1.165, 1.54) is 10.4 Å². The Bertz CT molecular complexity index is 606. The van der Waals surface area contributed by atoms with Crippen LogP contribution in [0.3, 0.4) is 0 Å². The van der Waals surface area contributed by atoms with Crippen LogP contribution in [0.1, 0.15) is 19.4 Å². The highest BCUT2D eigenvalue weighted by Gasteiger charge is 2.31. The first-order valence-electron chi connectivity index (χ1n) is 7.12. The van der Waals surface area contributed by atoms with Gasteiger partial charge in [0, 0.05) is 37.2 Å². The summed E-state index contributed by atoms with van der Waals surface area (Å²) in [7, 11) is -3.49. The molecule has 1 aromatic carbocycles. The summed E-state index contributed by atoms with van der Waals surface area (Å²) < 4.78 is 26.9. The fourth-order valence-corrected chi connectivity index (χ4v) is 4.51. The minimum atomic E-state index is -3.49. The zero-order chi connectivity index (χ0) is 15.6. The minimum Gasteiger partial charge on any atom is -0.326 e. The molecule has 0 amide bonds. The number of sulfonamides is 1. The van der Waals surface area contributed by atoms with Crippen molar-refractivity contribution >= 4 is 21.6 Å². The van der Waals surface area contributed by atoms with Crippen molar-refractivity contribution in [1.82, 2.24) is 9.21 Å². The van der Waals surface area contributed by atoms with Crippen LogP contribution >= 0.6 is 11.6 Å². The van der Waals surface area contributed by atoms with Gasteiger partial charge in [-0.1, -0.05) is 24.6 Å². The van der Waals surface area contributed by atoms with E-state index in [0.29, 0.717) is 24.7 Å². The van der Waals surface area contributed by atoms with Crippen molar-refractivity contribution in [3.8, 4) is 0 Å². The number of benzene rings is 1. The Labute approximate surface area is 131 Å². The quantitative estimate of drug-likeness (QED) is 0.908. The zero-order valence-electron chi connectivity index (χ0n) is 12.4. The molecule has 21 heavy (non-hydrogen) atoms. The molecule has 118 valence electrons. The monoisotopic (exact) mass is 331 g/mol. The van der Waals surface area contributed by atoms with Gasteiger partial charge in [0.2, 0.25) is 10.0 Å². The highest BCUT2D eigenvalue weighted by atomic mass is 35.5. The van der Waals surface area contributed by atoms with Crippen LogP contribution in [0.25, 0.3) is 0 Å². The first kappa shape index (κ1) is 16.7. The summed E-state index contributed by atoms with van der Waals surface area (Å²) in [5.41, 5.74) is 6.30. The van der Waals surface area contributed by atoms with Gasteiger partial charge in [0.25, 0.3) is 0 Å². The van der Waals surface area contributed by atoms with Gasteiger partial charge in [-0.05, 0) is 31.2 Å². The number of nitrogens with zero attached hydrogens (tertiary/aromatic N) is 2. The van der Waals surface area contributed by atoms with Crippen LogP contribution in [-0.4, -0.2) is 49.8 Å². The van der Waals surface area contributed by atoms with Crippen molar-refractivity contribution in [3.63, 3.8) is 0 Å². The number of hydrogen-bond donors (Lipinski definition) is 1. The lowest BCUT2D eigenvalue weighted by Crippen LogP contribution is -2.53. The summed E-state index contributed by atoms with van der Waals surface area (Å²) in [6.07, 6.45) is 0. The molecule has 1 aliphatic heterocycles. The van der Waals surface area contributed by atoms with E-state index in [4.69, 9.17) is 17.3 Å². The number of likely N-dealkylation sites (N-methyl/N-ethyl adjacent to an activating group) is 1. The van der Waals surface area contributed by atoms with Gasteiger partial charge in [-0.3, -0.25) is 4.90 Å². The molecule has 1 unspecified atom stereocenters. The second kappa shape index (κ2) is 6.62. The van der Waals surface area contributed by atoms with E-state index < -0.39 is 10.0 Å². The smallest absolute Gasteiger partial charge is 0.243 e. The maximum absolute atomic E-state index is 12.7. The summed E-state index contributed by atoms with van der Waals surface area (Å²) in [5.74, 6) is 0. The fraction of sp³-hybridized carbons (Fsp3) is 0.571. The molecule has 0 spiro atoms. The van der Waals surface area contributed by atoms with Gasteiger partial charge >= 0.3 is 0 Å². The Hall–Kier alpha value is -0.660. The third-order valence-corrected chi connectivity index (χ3v) is 6.23. The number of piperazine rings is 1. The molecule has 0 radical (unpaired) electrons. The summed E-state index contributed by atoms with van der Waals surface area (Å²) in [4.78, 5) is 2.51. The van der Waals surface area contributed by atoms with Crippen molar-refractivity contribution in [2.75, 3.05) is 26.2 Å². The minimum absolute atomic E-state index is 0.220. The van der Waals surface area contributed by atoms with Gasteiger partial charge in [0.1, 0.15) is 0 Å². The second-order valence-corrected chi connectivity index (χ2v) is 7.64. The van der Waals surface area contributed by atoms with Crippen molar-refractivity contribution in [3.05, 3.63) is 28.8 Å². The number of rotatable bonds is 4. The molecular weight excluding hydrogens is 310 g/mol. The van der Waals surface area contributed by atoms with E-state index in [-0.39, 0.29) is 10.9 Å². The lowest BCUT2D eigenvalue weighted by molar-refractivity contribution is 0.135. The predicted octanol–water partition coefficient (Wildman–Crippen LogP) is 1.51. The largest absolute Gasteiger partial charge is 0.326 e. The zero-order valence-corrected chi connectivity index (χ0v) is 14.0. The molecule has 1 saturated heterocycles. The van der Waals surface area contributed by atoms with Crippen LogP contribution in [0.5, 0.6) is 0 Å². The van der Waals surface area contributed by atoms with Crippen molar-refractivity contribution in [1.29, 1.82) is 0 Å². The Morgan fingerprint density at radius 1 is 1.38 bits per heavy atom. The topological polar surface area (TPSA) is 66.6 Å². The fourth-order valence-electron chi connectivity index (χ4n) is 2.65. The first-order valence-corrected chi connectivity index (χ1v) is 8.94. The number of hydrogen-bond acceptors (Lipinski definition) is 4. The third kappa shape index (κ3) is 3.40. The molecule has 0 saturated carbocycles. The van der Waals surface area contributed by atoms with Crippen molar-refractivity contribution < 1.29 is 8.42 Å². The lowest BCUT2D eigenvalue weighted by Gasteiger charge is -2.38. The summed E-state index contributed by atoms with van der Waals surface area (Å²) in [6.45, 7) is 7.15. The molecule has 1 heterocycles. The van der Waals surface area contributed by atoms with Crippen LogP contribution in [-0.2, 0) is 16.6 Å². The van der Waals surface area contributed by atoms with E-state index in [1.54, 1.807) is 12.1 Å². The van der Waals surface area contributed by atoms with E-state index in [2.05, 4.69) is 18.7 Å². The summed E-state index contributed by atoms with van der Waals surface area (Å²) >= 11 is 6.08. The molecule has 0 aromatic heterocycles. The average Bonchev–Trinajstić information content (AvgIpc) is 2.47. The van der Waals surface area contributed by atoms with Crippen LogP contribution in [0.4, 0.5) is 0 Å². The molecule has 7 heteroatoms. The standard InChI is InChI=1S/C14H22ClN3O2S/c1-3-17-6-7-18(10-11(17)2)21(19,20)13-5-4-12(9-16)14(15)8-13/h4-5,8,11H,3,6-7,9-10,16H2,1-2H3. The summed E-state index contributed by atoms with van der Waals surface area (Å²) in [6, 6.07) is 4.98. The predicted molar refractivity (Wildman–Crippen MR) is 84.8 cm³/mol. The molecule has 1 aliphatic rings. The number of halogens is 1. The molecule has 1 aromatic rings. The third-order valence-electron chi connectivity index (χ3n) is 4.02. The van der Waals surface area contributed by atoms with Crippen molar-refractivity contribution in [2.45, 2.75) is 31.3 Å². The van der Waals surface area contributed by atoms with Gasteiger partial charge < -0.3 is 5.73 Å². The van der Waals surface area contributed by atoms with E-state index in [0.717, 1.165) is 18.7 Å². The highest BCUT2D eigenvalue weighted by Crippen LogP contribution is 2.24. The molecule has 2 rings (SSSR count). The van der Waals surface area contributed by atoms with Crippen LogP contribution < -0.4 is 5.73 Å². The Kier molecular flexibility index (Phi) is 5.27. The van der Waals surface area contributed by atoms with Crippen LogP contribution in [0, 0.1) is 0 Å². The van der Waals surface area contributed by atoms with Crippen LogP contribution in [0.15, 0.2) is 23.1 Å². The van der Waals surface area contributed by atoms with E-state index in [9.17, 15) is 8.42 Å².